The Hall–Kier alpha value is -3.48. The summed E-state index contributed by atoms with van der Waals surface area (Å²) < 4.78 is 11.4. The smallest absolute Gasteiger partial charge is 0.360 e. The highest BCUT2D eigenvalue weighted by Crippen LogP contribution is 2.11. The minimum atomic E-state index is -0.591. The van der Waals surface area contributed by atoms with E-state index in [1.54, 1.807) is 24.3 Å². The van der Waals surface area contributed by atoms with Crippen LogP contribution in [0.4, 0.5) is 0 Å². The Bertz CT molecular complexity index is 932. The number of carbonyl (C=O) groups excluding carboxylic acids is 2. The minimum Gasteiger partial charge on any atom is -0.465 e. The van der Waals surface area contributed by atoms with Crippen molar-refractivity contribution in [2.45, 2.75) is 13.5 Å². The van der Waals surface area contributed by atoms with E-state index in [4.69, 9.17) is 4.74 Å². The van der Waals surface area contributed by atoms with Crippen molar-refractivity contribution in [1.29, 1.82) is 0 Å². The van der Waals surface area contributed by atoms with Gasteiger partial charge in [-0.05, 0) is 36.8 Å². The van der Waals surface area contributed by atoms with Gasteiger partial charge >= 0.3 is 11.9 Å². The summed E-state index contributed by atoms with van der Waals surface area (Å²) in [5.41, 5.74) is 3.10. The summed E-state index contributed by atoms with van der Waals surface area (Å²) in [6, 6.07) is 14.4. The van der Waals surface area contributed by atoms with E-state index in [0.717, 1.165) is 11.3 Å². The van der Waals surface area contributed by atoms with Crippen molar-refractivity contribution in [3.63, 3.8) is 0 Å². The third-order valence-corrected chi connectivity index (χ3v) is 3.72. The van der Waals surface area contributed by atoms with Gasteiger partial charge in [-0.15, -0.1) is 5.10 Å². The molecule has 132 valence electrons. The molecule has 0 aliphatic rings. The zero-order chi connectivity index (χ0) is 18.5. The summed E-state index contributed by atoms with van der Waals surface area (Å²) in [6.07, 6.45) is 1.51. The molecule has 3 rings (SSSR count). The average Bonchev–Trinajstić information content (AvgIpc) is 3.16. The van der Waals surface area contributed by atoms with Crippen LogP contribution < -0.4 is 0 Å². The summed E-state index contributed by atoms with van der Waals surface area (Å²) in [5, 5.41) is 7.80. The number of hydrogen-bond donors (Lipinski definition) is 0. The highest BCUT2D eigenvalue weighted by atomic mass is 16.5. The van der Waals surface area contributed by atoms with Gasteiger partial charge in [0.2, 0.25) is 0 Å². The van der Waals surface area contributed by atoms with Crippen LogP contribution in [0.15, 0.2) is 54.7 Å². The Morgan fingerprint density at radius 1 is 1.08 bits per heavy atom. The molecule has 0 unspecified atom stereocenters. The van der Waals surface area contributed by atoms with Gasteiger partial charge in [0.1, 0.15) is 6.61 Å². The van der Waals surface area contributed by atoms with Gasteiger partial charge in [-0.25, -0.2) is 14.3 Å². The van der Waals surface area contributed by atoms with Crippen molar-refractivity contribution < 1.29 is 19.1 Å². The number of benzene rings is 2. The summed E-state index contributed by atoms with van der Waals surface area (Å²) in [7, 11) is 1.31. The molecule has 0 aliphatic carbocycles. The van der Waals surface area contributed by atoms with Gasteiger partial charge in [-0.2, -0.15) is 0 Å². The number of nitrogens with zero attached hydrogens (tertiary/aromatic N) is 3. The van der Waals surface area contributed by atoms with Gasteiger partial charge in [-0.1, -0.05) is 35.0 Å². The topological polar surface area (TPSA) is 83.3 Å². The molecule has 0 aliphatic heterocycles. The van der Waals surface area contributed by atoms with E-state index < -0.39 is 11.9 Å². The molecule has 26 heavy (non-hydrogen) atoms. The Kier molecular flexibility index (Phi) is 5.07. The van der Waals surface area contributed by atoms with Crippen LogP contribution in [0.3, 0.4) is 0 Å². The monoisotopic (exact) mass is 351 g/mol. The SMILES string of the molecule is COC(=O)c1cccc(COC(=O)c2cn(-c3ccc(C)cc3)nn2)c1. The minimum absolute atomic E-state index is 0.0149. The fourth-order valence-corrected chi connectivity index (χ4v) is 2.31. The molecule has 0 N–H and O–H groups in total. The lowest BCUT2D eigenvalue weighted by molar-refractivity contribution is 0.0465. The maximum Gasteiger partial charge on any atom is 0.360 e. The van der Waals surface area contributed by atoms with Crippen LogP contribution >= 0.6 is 0 Å². The van der Waals surface area contributed by atoms with Gasteiger partial charge in [0.15, 0.2) is 5.69 Å². The van der Waals surface area contributed by atoms with E-state index in [1.165, 1.54) is 18.0 Å². The van der Waals surface area contributed by atoms with Crippen molar-refractivity contribution in [3.05, 3.63) is 77.1 Å². The van der Waals surface area contributed by atoms with Crippen molar-refractivity contribution in [2.75, 3.05) is 7.11 Å². The van der Waals surface area contributed by atoms with Gasteiger partial charge in [0, 0.05) is 0 Å². The lowest BCUT2D eigenvalue weighted by Gasteiger charge is -2.05. The highest BCUT2D eigenvalue weighted by molar-refractivity contribution is 5.89. The second kappa shape index (κ2) is 7.60. The summed E-state index contributed by atoms with van der Waals surface area (Å²) in [5.74, 6) is -1.04. The van der Waals surface area contributed by atoms with Crippen molar-refractivity contribution >= 4 is 11.9 Å². The number of aryl methyl sites for hydroxylation is 1. The standard InChI is InChI=1S/C19H17N3O4/c1-13-6-8-16(9-7-13)22-11-17(20-21-22)19(24)26-12-14-4-3-5-15(10-14)18(23)25-2/h3-11H,12H2,1-2H3. The third kappa shape index (κ3) is 3.94. The zero-order valence-electron chi connectivity index (χ0n) is 14.4. The molecule has 0 radical (unpaired) electrons. The van der Waals surface area contributed by atoms with Gasteiger partial charge in [0.25, 0.3) is 0 Å². The maximum absolute atomic E-state index is 12.2. The number of esters is 2. The Balaban J connectivity index is 1.66. The molecule has 0 spiro atoms. The molecule has 7 nitrogen and oxygen atoms in total. The molecule has 1 aromatic heterocycles. The van der Waals surface area contributed by atoms with Gasteiger partial charge in [-0.3, -0.25) is 0 Å². The molecule has 2 aromatic carbocycles. The third-order valence-electron chi connectivity index (χ3n) is 3.72. The van der Waals surface area contributed by atoms with E-state index in [1.807, 2.05) is 31.2 Å². The largest absolute Gasteiger partial charge is 0.465 e. The van der Waals surface area contributed by atoms with Crippen molar-refractivity contribution in [2.24, 2.45) is 0 Å². The number of aromatic nitrogens is 3. The summed E-state index contributed by atoms with van der Waals surface area (Å²) in [6.45, 7) is 2.00. The molecule has 3 aromatic rings. The molecule has 7 heteroatoms. The molecule has 0 fully saturated rings. The van der Waals surface area contributed by atoms with Crippen LogP contribution in [0, 0.1) is 6.92 Å². The van der Waals surface area contributed by atoms with Gasteiger partial charge < -0.3 is 9.47 Å². The number of methoxy groups -OCH3 is 1. The number of carbonyl (C=O) groups is 2. The second-order valence-electron chi connectivity index (χ2n) is 5.65. The number of hydrogen-bond acceptors (Lipinski definition) is 6. The lowest BCUT2D eigenvalue weighted by Crippen LogP contribution is -2.07. The Morgan fingerprint density at radius 2 is 1.85 bits per heavy atom. The summed E-state index contributed by atoms with van der Waals surface area (Å²) in [4.78, 5) is 23.7. The number of rotatable bonds is 5. The van der Waals surface area contributed by atoms with Crippen molar-refractivity contribution in [3.8, 4) is 5.69 Å². The van der Waals surface area contributed by atoms with Gasteiger partial charge in [0.05, 0.1) is 24.6 Å². The highest BCUT2D eigenvalue weighted by Gasteiger charge is 2.14. The molecule has 0 atom stereocenters. The van der Waals surface area contributed by atoms with Crippen LogP contribution in [0.1, 0.15) is 32.0 Å². The van der Waals surface area contributed by atoms with Crippen LogP contribution in [0.25, 0.3) is 5.69 Å². The van der Waals surface area contributed by atoms with Crippen molar-refractivity contribution in [1.82, 2.24) is 15.0 Å². The van der Waals surface area contributed by atoms with Crippen LogP contribution in [-0.4, -0.2) is 34.0 Å². The normalized spacial score (nSPS) is 10.4. The molecule has 0 amide bonds. The predicted octanol–water partition coefficient (Wildman–Crippen LogP) is 2.72. The molecule has 0 saturated carbocycles. The first kappa shape index (κ1) is 17.3. The van der Waals surface area contributed by atoms with E-state index in [2.05, 4.69) is 15.0 Å². The molecule has 0 bridgehead atoms. The maximum atomic E-state index is 12.2. The molecular weight excluding hydrogens is 334 g/mol. The predicted molar refractivity (Wildman–Crippen MR) is 93.0 cm³/mol. The fourth-order valence-electron chi connectivity index (χ4n) is 2.31. The molecular formula is C19H17N3O4. The average molecular weight is 351 g/mol. The fraction of sp³-hybridized carbons (Fsp3) is 0.158. The molecule has 0 saturated heterocycles. The van der Waals surface area contributed by atoms with Crippen LogP contribution in [0.2, 0.25) is 0 Å². The van der Waals surface area contributed by atoms with E-state index in [-0.39, 0.29) is 12.3 Å². The first-order valence-corrected chi connectivity index (χ1v) is 7.90. The zero-order valence-corrected chi connectivity index (χ0v) is 14.4. The Morgan fingerprint density at radius 3 is 2.58 bits per heavy atom. The Labute approximate surface area is 150 Å². The molecule has 1 heterocycles. The second-order valence-corrected chi connectivity index (χ2v) is 5.65. The van der Waals surface area contributed by atoms with E-state index >= 15 is 0 Å². The first-order valence-electron chi connectivity index (χ1n) is 7.90. The quantitative estimate of drug-likeness (QED) is 0.657. The van der Waals surface area contributed by atoms with Crippen LogP contribution in [0.5, 0.6) is 0 Å². The summed E-state index contributed by atoms with van der Waals surface area (Å²) >= 11 is 0. The van der Waals surface area contributed by atoms with E-state index in [9.17, 15) is 9.59 Å². The van der Waals surface area contributed by atoms with Crippen LogP contribution in [-0.2, 0) is 16.1 Å². The number of ether oxygens (including phenoxy) is 2. The first-order chi connectivity index (χ1) is 12.6. The van der Waals surface area contributed by atoms with E-state index in [0.29, 0.717) is 11.1 Å². The lowest BCUT2D eigenvalue weighted by atomic mass is 10.1.